The van der Waals surface area contributed by atoms with Gasteiger partial charge in [-0.1, -0.05) is 24.3 Å². The van der Waals surface area contributed by atoms with Crippen LogP contribution in [0.3, 0.4) is 0 Å². The highest BCUT2D eigenvalue weighted by Crippen LogP contribution is 2.32. The molecular formula is C22H19F3N4O. The zero-order valence-electron chi connectivity index (χ0n) is 16.0. The molecule has 8 heteroatoms. The molecule has 3 aromatic rings. The molecule has 5 nitrogen and oxygen atoms in total. The Hall–Kier alpha value is -3.42. The Balaban J connectivity index is 1.43. The maximum atomic E-state index is 12.9. The number of hydrogen-bond donors (Lipinski definition) is 0. The predicted molar refractivity (Wildman–Crippen MR) is 107 cm³/mol. The lowest BCUT2D eigenvalue weighted by molar-refractivity contribution is -0.137. The highest BCUT2D eigenvalue weighted by molar-refractivity contribution is 5.95. The summed E-state index contributed by atoms with van der Waals surface area (Å²) in [5, 5.41) is 0. The number of anilines is 1. The maximum absolute atomic E-state index is 12.9. The summed E-state index contributed by atoms with van der Waals surface area (Å²) in [6.45, 7) is 2.37. The molecule has 30 heavy (non-hydrogen) atoms. The van der Waals surface area contributed by atoms with Gasteiger partial charge in [0.25, 0.3) is 5.91 Å². The fourth-order valence-corrected chi connectivity index (χ4v) is 3.43. The van der Waals surface area contributed by atoms with E-state index in [2.05, 4.69) is 9.97 Å². The first kappa shape index (κ1) is 19.9. The van der Waals surface area contributed by atoms with Gasteiger partial charge in [-0.3, -0.25) is 4.79 Å². The molecule has 0 radical (unpaired) electrons. The summed E-state index contributed by atoms with van der Waals surface area (Å²) in [6.07, 6.45) is -1.02. The fraction of sp³-hybridized carbons (Fsp3) is 0.227. The second-order valence-corrected chi connectivity index (χ2v) is 6.98. The average molecular weight is 412 g/mol. The maximum Gasteiger partial charge on any atom is 0.416 e. The monoisotopic (exact) mass is 412 g/mol. The van der Waals surface area contributed by atoms with E-state index < -0.39 is 11.7 Å². The number of alkyl halides is 3. The lowest BCUT2D eigenvalue weighted by Crippen LogP contribution is -2.49. The Morgan fingerprint density at radius 1 is 0.833 bits per heavy atom. The van der Waals surface area contributed by atoms with E-state index in [0.717, 1.165) is 12.1 Å². The average Bonchev–Trinajstić information content (AvgIpc) is 2.79. The number of halogens is 3. The van der Waals surface area contributed by atoms with Crippen molar-refractivity contribution < 1.29 is 18.0 Å². The van der Waals surface area contributed by atoms with Crippen molar-refractivity contribution >= 4 is 11.9 Å². The summed E-state index contributed by atoms with van der Waals surface area (Å²) >= 11 is 0. The lowest BCUT2D eigenvalue weighted by Gasteiger charge is -2.34. The number of piperazine rings is 1. The van der Waals surface area contributed by atoms with Crippen LogP contribution in [0.15, 0.2) is 67.0 Å². The summed E-state index contributed by atoms with van der Waals surface area (Å²) in [5.41, 5.74) is 0.902. The smallest absolute Gasteiger partial charge is 0.337 e. The summed E-state index contributed by atoms with van der Waals surface area (Å²) in [7, 11) is 0. The molecule has 0 N–H and O–H groups in total. The van der Waals surface area contributed by atoms with Crippen molar-refractivity contribution in [3.05, 3.63) is 78.1 Å². The van der Waals surface area contributed by atoms with Gasteiger partial charge in [0.1, 0.15) is 0 Å². The summed E-state index contributed by atoms with van der Waals surface area (Å²) in [5.74, 6) is 0.550. The molecule has 4 rings (SSSR count). The predicted octanol–water partition coefficient (Wildman–Crippen LogP) is 4.12. The van der Waals surface area contributed by atoms with Crippen LogP contribution in [0.1, 0.15) is 15.9 Å². The molecule has 2 heterocycles. The van der Waals surface area contributed by atoms with Crippen LogP contribution in [0.5, 0.6) is 0 Å². The molecule has 1 saturated heterocycles. The Bertz CT molecular complexity index is 1010. The van der Waals surface area contributed by atoms with Crippen LogP contribution in [-0.2, 0) is 6.18 Å². The molecule has 1 aliphatic rings. The molecule has 1 amide bonds. The number of aromatic nitrogens is 2. The van der Waals surface area contributed by atoms with E-state index in [0.29, 0.717) is 48.8 Å². The van der Waals surface area contributed by atoms with Crippen LogP contribution >= 0.6 is 0 Å². The highest BCUT2D eigenvalue weighted by atomic mass is 19.4. The van der Waals surface area contributed by atoms with Crippen molar-refractivity contribution in [3.63, 3.8) is 0 Å². The van der Waals surface area contributed by atoms with Crippen molar-refractivity contribution in [2.75, 3.05) is 31.1 Å². The minimum absolute atomic E-state index is 0.0979. The first-order valence-electron chi connectivity index (χ1n) is 9.51. The van der Waals surface area contributed by atoms with Crippen molar-refractivity contribution in [2.45, 2.75) is 6.18 Å². The number of rotatable bonds is 3. The third-order valence-electron chi connectivity index (χ3n) is 5.06. The van der Waals surface area contributed by atoms with Crippen LogP contribution in [-0.4, -0.2) is 47.0 Å². The van der Waals surface area contributed by atoms with Crippen molar-refractivity contribution in [1.29, 1.82) is 0 Å². The zero-order chi connectivity index (χ0) is 21.1. The van der Waals surface area contributed by atoms with Gasteiger partial charge in [0.15, 0.2) is 0 Å². The van der Waals surface area contributed by atoms with Gasteiger partial charge in [-0.15, -0.1) is 0 Å². The minimum atomic E-state index is -4.39. The molecule has 0 spiro atoms. The second kappa shape index (κ2) is 8.14. The Morgan fingerprint density at radius 3 is 2.13 bits per heavy atom. The first-order chi connectivity index (χ1) is 14.4. The van der Waals surface area contributed by atoms with E-state index in [4.69, 9.17) is 0 Å². The fourth-order valence-electron chi connectivity index (χ4n) is 3.43. The zero-order valence-corrected chi connectivity index (χ0v) is 16.0. The largest absolute Gasteiger partial charge is 0.416 e. The number of carbonyl (C=O) groups excluding carboxylic acids is 1. The van der Waals surface area contributed by atoms with Crippen LogP contribution in [0.2, 0.25) is 0 Å². The van der Waals surface area contributed by atoms with E-state index in [-0.39, 0.29) is 5.91 Å². The van der Waals surface area contributed by atoms with Gasteiger partial charge in [-0.25, -0.2) is 9.97 Å². The highest BCUT2D eigenvalue weighted by Gasteiger charge is 2.30. The van der Waals surface area contributed by atoms with Crippen LogP contribution < -0.4 is 4.90 Å². The Labute approximate surface area is 171 Å². The van der Waals surface area contributed by atoms with Gasteiger partial charge in [-0.05, 0) is 41.5 Å². The SMILES string of the molecule is O=C(c1ccc(-c2cccc(C(F)(F)F)c2)cc1)N1CCN(c2ncccn2)CC1. The number of benzene rings is 2. The van der Waals surface area contributed by atoms with Gasteiger partial charge < -0.3 is 9.80 Å². The van der Waals surface area contributed by atoms with Gasteiger partial charge >= 0.3 is 6.18 Å². The number of hydrogen-bond acceptors (Lipinski definition) is 4. The molecular weight excluding hydrogens is 393 g/mol. The first-order valence-corrected chi connectivity index (χ1v) is 9.51. The van der Waals surface area contributed by atoms with Gasteiger partial charge in [-0.2, -0.15) is 13.2 Å². The molecule has 1 aliphatic heterocycles. The second-order valence-electron chi connectivity index (χ2n) is 6.98. The van der Waals surface area contributed by atoms with E-state index in [9.17, 15) is 18.0 Å². The van der Waals surface area contributed by atoms with Crippen LogP contribution in [0.4, 0.5) is 19.1 Å². The molecule has 2 aromatic carbocycles. The van der Waals surface area contributed by atoms with Gasteiger partial charge in [0.2, 0.25) is 5.95 Å². The molecule has 1 aromatic heterocycles. The molecule has 0 bridgehead atoms. The molecule has 1 fully saturated rings. The summed E-state index contributed by atoms with van der Waals surface area (Å²) < 4.78 is 38.8. The molecule has 0 atom stereocenters. The van der Waals surface area contributed by atoms with Crippen molar-refractivity contribution in [2.24, 2.45) is 0 Å². The molecule has 154 valence electrons. The van der Waals surface area contributed by atoms with Crippen LogP contribution in [0.25, 0.3) is 11.1 Å². The molecule has 0 aliphatic carbocycles. The minimum Gasteiger partial charge on any atom is -0.337 e. The van der Waals surface area contributed by atoms with Crippen molar-refractivity contribution in [1.82, 2.24) is 14.9 Å². The summed E-state index contributed by atoms with van der Waals surface area (Å²) in [6, 6.07) is 13.6. The molecule has 0 unspecified atom stereocenters. The molecule has 0 saturated carbocycles. The van der Waals surface area contributed by atoms with E-state index in [1.54, 1.807) is 53.7 Å². The van der Waals surface area contributed by atoms with E-state index >= 15 is 0 Å². The normalized spacial score (nSPS) is 14.6. The quantitative estimate of drug-likeness (QED) is 0.649. The summed E-state index contributed by atoms with van der Waals surface area (Å²) in [4.78, 5) is 25.1. The van der Waals surface area contributed by atoms with Crippen LogP contribution in [0, 0.1) is 0 Å². The third kappa shape index (κ3) is 4.27. The Morgan fingerprint density at radius 2 is 1.50 bits per heavy atom. The van der Waals surface area contributed by atoms with Crippen molar-refractivity contribution in [3.8, 4) is 11.1 Å². The topological polar surface area (TPSA) is 49.3 Å². The third-order valence-corrected chi connectivity index (χ3v) is 5.06. The van der Waals surface area contributed by atoms with Gasteiger partial charge in [0.05, 0.1) is 5.56 Å². The standard InChI is InChI=1S/C22H19F3N4O/c23-22(24,25)19-4-1-3-18(15-19)16-5-7-17(8-6-16)20(30)28-11-13-29(14-12-28)21-26-9-2-10-27-21/h1-10,15H,11-14H2. The lowest BCUT2D eigenvalue weighted by atomic mass is 10.0. The number of nitrogens with zero attached hydrogens (tertiary/aromatic N) is 4. The Kier molecular flexibility index (Phi) is 5.39. The van der Waals surface area contributed by atoms with Gasteiger partial charge in [0, 0.05) is 44.1 Å². The van der Waals surface area contributed by atoms with E-state index in [1.807, 2.05) is 4.90 Å². The van der Waals surface area contributed by atoms with E-state index in [1.165, 1.54) is 6.07 Å². The number of carbonyl (C=O) groups is 1. The number of amides is 1.